The molecule has 0 spiro atoms. The quantitative estimate of drug-likeness (QED) is 0.655. The molecule has 1 aliphatic carbocycles. The molecule has 0 bridgehead atoms. The molecule has 174 valence electrons. The average molecular weight is 482 g/mol. The van der Waals surface area contributed by atoms with E-state index in [1.165, 1.54) is 15.6 Å². The maximum Gasteiger partial charge on any atom is 0.411 e. The van der Waals surface area contributed by atoms with Crippen LogP contribution in [0.4, 0.5) is 13.2 Å². The molecule has 1 aromatic carbocycles. The second-order valence-electron chi connectivity index (χ2n) is 8.08. The Kier molecular flexibility index (Phi) is 6.07. The van der Waals surface area contributed by atoms with E-state index < -0.39 is 36.2 Å². The van der Waals surface area contributed by atoms with Gasteiger partial charge in [0.2, 0.25) is 5.91 Å². The van der Waals surface area contributed by atoms with Crippen LogP contribution < -0.4 is 5.32 Å². The molecule has 1 N–H and O–H groups in total. The Bertz CT molecular complexity index is 1110. The Labute approximate surface area is 191 Å². The molecule has 1 aliphatic heterocycles. The van der Waals surface area contributed by atoms with Crippen molar-refractivity contribution >= 4 is 23.4 Å². The number of halogens is 4. The SMILES string of the molecule is N#CC1(NC(=O)CN2CC(COCC(F)(F)F)n3nc(-c4ccc(Cl)cc4)cc3C2=O)CC1. The largest absolute Gasteiger partial charge is 0.411 e. The highest BCUT2D eigenvalue weighted by Gasteiger charge is 2.45. The van der Waals surface area contributed by atoms with E-state index in [9.17, 15) is 22.8 Å². The molecule has 1 atom stereocenters. The second kappa shape index (κ2) is 8.68. The van der Waals surface area contributed by atoms with Crippen LogP contribution in [0.25, 0.3) is 11.3 Å². The normalized spacial score (nSPS) is 19.1. The van der Waals surface area contributed by atoms with Gasteiger partial charge in [-0.15, -0.1) is 0 Å². The number of nitrogens with one attached hydrogen (secondary N) is 1. The first-order valence-electron chi connectivity index (χ1n) is 10.1. The summed E-state index contributed by atoms with van der Waals surface area (Å²) in [6, 6.07) is 9.54. The summed E-state index contributed by atoms with van der Waals surface area (Å²) >= 11 is 5.92. The van der Waals surface area contributed by atoms with Crippen LogP contribution >= 0.6 is 11.6 Å². The number of ether oxygens (including phenoxy) is 1. The van der Waals surface area contributed by atoms with Gasteiger partial charge in [0.1, 0.15) is 24.4 Å². The van der Waals surface area contributed by atoms with Crippen molar-refractivity contribution in [2.75, 3.05) is 26.3 Å². The molecule has 0 radical (unpaired) electrons. The minimum Gasteiger partial charge on any atom is -0.370 e. The second-order valence-corrected chi connectivity index (χ2v) is 8.51. The first kappa shape index (κ1) is 23.1. The van der Waals surface area contributed by atoms with Crippen LogP contribution in [0.2, 0.25) is 5.02 Å². The van der Waals surface area contributed by atoms with Gasteiger partial charge in [0.15, 0.2) is 0 Å². The molecule has 2 aliphatic rings. The molecule has 0 saturated heterocycles. The van der Waals surface area contributed by atoms with Gasteiger partial charge >= 0.3 is 6.18 Å². The van der Waals surface area contributed by atoms with Crippen LogP contribution in [0.1, 0.15) is 29.4 Å². The van der Waals surface area contributed by atoms with E-state index in [4.69, 9.17) is 21.6 Å². The number of amides is 2. The number of hydrogen-bond acceptors (Lipinski definition) is 5. The van der Waals surface area contributed by atoms with Gasteiger partial charge < -0.3 is 15.0 Å². The summed E-state index contributed by atoms with van der Waals surface area (Å²) in [5.74, 6) is -1.00. The maximum absolute atomic E-state index is 13.1. The highest BCUT2D eigenvalue weighted by atomic mass is 35.5. The van der Waals surface area contributed by atoms with Crippen LogP contribution in [-0.2, 0) is 9.53 Å². The fourth-order valence-corrected chi connectivity index (χ4v) is 3.74. The molecule has 1 unspecified atom stereocenters. The number of carbonyl (C=O) groups is 2. The zero-order chi connectivity index (χ0) is 23.8. The van der Waals surface area contributed by atoms with Crippen molar-refractivity contribution in [3.8, 4) is 17.3 Å². The Morgan fingerprint density at radius 3 is 2.64 bits per heavy atom. The highest BCUT2D eigenvalue weighted by Crippen LogP contribution is 2.34. The lowest BCUT2D eigenvalue weighted by Gasteiger charge is -2.33. The standard InChI is InChI=1S/C21H19ClF3N5O3/c22-14-3-1-13(2-4-14)16-7-17-19(32)29(9-18(31)27-20(11-26)5-6-20)8-15(30(17)28-16)10-33-12-21(23,24)25/h1-4,7,15H,5-6,8-10,12H2,(H,27,31). The first-order chi connectivity index (χ1) is 15.6. The molecule has 2 heterocycles. The third-order valence-corrected chi connectivity index (χ3v) is 5.66. The fourth-order valence-electron chi connectivity index (χ4n) is 3.61. The van der Waals surface area contributed by atoms with Gasteiger partial charge in [-0.3, -0.25) is 14.3 Å². The van der Waals surface area contributed by atoms with E-state index in [-0.39, 0.29) is 25.4 Å². The molecule has 8 nitrogen and oxygen atoms in total. The molecule has 2 amide bonds. The lowest BCUT2D eigenvalue weighted by Crippen LogP contribution is -2.50. The third-order valence-electron chi connectivity index (χ3n) is 5.41. The summed E-state index contributed by atoms with van der Waals surface area (Å²) in [4.78, 5) is 26.7. The molecule has 12 heteroatoms. The van der Waals surface area contributed by atoms with Crippen molar-refractivity contribution in [2.24, 2.45) is 0 Å². The van der Waals surface area contributed by atoms with Crippen molar-refractivity contribution < 1.29 is 27.5 Å². The number of fused-ring (bicyclic) bond motifs is 1. The van der Waals surface area contributed by atoms with Gasteiger partial charge in [0, 0.05) is 17.1 Å². The number of rotatable bonds is 7. The topological polar surface area (TPSA) is 100 Å². The number of alkyl halides is 3. The summed E-state index contributed by atoms with van der Waals surface area (Å²) in [6.07, 6.45) is -3.43. The summed E-state index contributed by atoms with van der Waals surface area (Å²) in [7, 11) is 0. The molecule has 33 heavy (non-hydrogen) atoms. The smallest absolute Gasteiger partial charge is 0.370 e. The van der Waals surface area contributed by atoms with Crippen LogP contribution in [0.3, 0.4) is 0 Å². The van der Waals surface area contributed by atoms with E-state index in [2.05, 4.69) is 10.4 Å². The number of hydrogen-bond donors (Lipinski definition) is 1. The Morgan fingerprint density at radius 1 is 1.33 bits per heavy atom. The van der Waals surface area contributed by atoms with E-state index in [1.807, 2.05) is 6.07 Å². The zero-order valence-corrected chi connectivity index (χ0v) is 18.0. The van der Waals surface area contributed by atoms with Gasteiger partial charge in [-0.1, -0.05) is 23.7 Å². The number of aromatic nitrogens is 2. The molecular weight excluding hydrogens is 463 g/mol. The van der Waals surface area contributed by atoms with Crippen LogP contribution in [0, 0.1) is 11.3 Å². The minimum atomic E-state index is -4.50. The zero-order valence-electron chi connectivity index (χ0n) is 17.2. The molecule has 1 fully saturated rings. The van der Waals surface area contributed by atoms with Gasteiger partial charge in [-0.2, -0.15) is 23.5 Å². The minimum absolute atomic E-state index is 0.0710. The predicted octanol–water partition coefficient (Wildman–Crippen LogP) is 2.95. The monoisotopic (exact) mass is 481 g/mol. The molecule has 4 rings (SSSR count). The molecule has 2 aromatic rings. The van der Waals surface area contributed by atoms with Gasteiger partial charge in [0.25, 0.3) is 5.91 Å². The van der Waals surface area contributed by atoms with E-state index in [1.54, 1.807) is 24.3 Å². The number of nitrogens with zero attached hydrogens (tertiary/aromatic N) is 4. The van der Waals surface area contributed by atoms with Crippen LogP contribution in [0.15, 0.2) is 30.3 Å². The molecular formula is C21H19ClF3N5O3. The van der Waals surface area contributed by atoms with Crippen molar-refractivity contribution in [1.82, 2.24) is 20.0 Å². The fraction of sp³-hybridized carbons (Fsp3) is 0.429. The van der Waals surface area contributed by atoms with Crippen molar-refractivity contribution in [3.63, 3.8) is 0 Å². The van der Waals surface area contributed by atoms with Crippen molar-refractivity contribution in [1.29, 1.82) is 5.26 Å². The maximum atomic E-state index is 13.1. The van der Waals surface area contributed by atoms with Crippen molar-refractivity contribution in [2.45, 2.75) is 30.6 Å². The Morgan fingerprint density at radius 2 is 2.03 bits per heavy atom. The van der Waals surface area contributed by atoms with E-state index in [0.717, 1.165) is 0 Å². The number of carbonyl (C=O) groups excluding carboxylic acids is 2. The summed E-state index contributed by atoms with van der Waals surface area (Å²) in [5.41, 5.74) is 0.330. The number of nitriles is 1. The third kappa shape index (κ3) is 5.29. The van der Waals surface area contributed by atoms with Crippen LogP contribution in [-0.4, -0.2) is 64.5 Å². The average Bonchev–Trinajstić information content (AvgIpc) is 3.37. The van der Waals surface area contributed by atoms with Crippen LogP contribution in [0.5, 0.6) is 0 Å². The lowest BCUT2D eigenvalue weighted by molar-refractivity contribution is -0.176. The van der Waals surface area contributed by atoms with Gasteiger partial charge in [-0.05, 0) is 31.0 Å². The summed E-state index contributed by atoms with van der Waals surface area (Å²) in [5, 5.41) is 16.7. The Balaban J connectivity index is 1.57. The highest BCUT2D eigenvalue weighted by molar-refractivity contribution is 6.30. The number of benzene rings is 1. The molecule has 1 aromatic heterocycles. The van der Waals surface area contributed by atoms with Gasteiger partial charge in [-0.25, -0.2) is 0 Å². The Hall–Kier alpha value is -3.10. The predicted molar refractivity (Wildman–Crippen MR) is 110 cm³/mol. The summed E-state index contributed by atoms with van der Waals surface area (Å²) in [6.45, 7) is -2.21. The first-order valence-corrected chi connectivity index (χ1v) is 10.5. The molecule has 1 saturated carbocycles. The van der Waals surface area contributed by atoms with Crippen molar-refractivity contribution in [3.05, 3.63) is 41.0 Å². The van der Waals surface area contributed by atoms with Gasteiger partial charge in [0.05, 0.1) is 24.4 Å². The summed E-state index contributed by atoms with van der Waals surface area (Å²) < 4.78 is 43.9. The van der Waals surface area contributed by atoms with E-state index in [0.29, 0.717) is 29.1 Å². The van der Waals surface area contributed by atoms with E-state index >= 15 is 0 Å². The lowest BCUT2D eigenvalue weighted by atomic mass is 10.1.